The highest BCUT2D eigenvalue weighted by atomic mass is 19.1. The van der Waals surface area contributed by atoms with E-state index in [2.05, 4.69) is 41.9 Å². The average Bonchev–Trinajstić information content (AvgIpc) is 3.58. The van der Waals surface area contributed by atoms with Crippen LogP contribution in [-0.4, -0.2) is 35.9 Å². The van der Waals surface area contributed by atoms with Gasteiger partial charge in [-0.1, -0.05) is 31.2 Å². The van der Waals surface area contributed by atoms with Gasteiger partial charge in [-0.3, -0.25) is 4.99 Å². The third-order valence-corrected chi connectivity index (χ3v) is 8.67. The molecule has 2 aromatic carbocycles. The highest BCUT2D eigenvalue weighted by Crippen LogP contribution is 2.45. The molecule has 2 aliphatic heterocycles. The molecule has 3 aliphatic rings. The van der Waals surface area contributed by atoms with Gasteiger partial charge in [-0.25, -0.2) is 14.4 Å². The van der Waals surface area contributed by atoms with Crippen LogP contribution in [0.5, 0.6) is 5.75 Å². The van der Waals surface area contributed by atoms with Crippen molar-refractivity contribution in [3.05, 3.63) is 88.8 Å². The van der Waals surface area contributed by atoms with Gasteiger partial charge < -0.3 is 9.64 Å². The number of hydrogen-bond donors (Lipinski definition) is 0. The van der Waals surface area contributed by atoms with Crippen molar-refractivity contribution in [3.63, 3.8) is 0 Å². The number of rotatable bonds is 6. The van der Waals surface area contributed by atoms with E-state index in [1.54, 1.807) is 13.4 Å². The molecule has 1 fully saturated rings. The molecular weight excluding hydrogens is 475 g/mol. The number of allylic oxidation sites excluding steroid dienone is 3. The molecule has 1 aliphatic carbocycles. The van der Waals surface area contributed by atoms with Gasteiger partial charge >= 0.3 is 0 Å². The molecular formula is C32H33FN4O. The van der Waals surface area contributed by atoms with E-state index in [9.17, 15) is 4.39 Å². The van der Waals surface area contributed by atoms with Crippen molar-refractivity contribution in [3.8, 4) is 5.75 Å². The molecule has 1 aromatic heterocycles. The fraction of sp³-hybridized carbons (Fsp3) is 0.344. The summed E-state index contributed by atoms with van der Waals surface area (Å²) in [6.45, 7) is 6.32. The van der Waals surface area contributed by atoms with E-state index in [1.807, 2.05) is 24.3 Å². The third-order valence-electron chi connectivity index (χ3n) is 8.67. The minimum Gasteiger partial charge on any atom is -0.497 e. The number of piperidine rings is 1. The molecule has 6 heteroatoms. The highest BCUT2D eigenvalue weighted by molar-refractivity contribution is 6.03. The van der Waals surface area contributed by atoms with Gasteiger partial charge in [0.15, 0.2) is 0 Å². The Bertz CT molecular complexity index is 1450. The van der Waals surface area contributed by atoms with Gasteiger partial charge in [0.1, 0.15) is 23.7 Å². The van der Waals surface area contributed by atoms with Crippen LogP contribution in [0.15, 0.2) is 65.5 Å². The number of halogens is 1. The molecule has 194 valence electrons. The predicted molar refractivity (Wildman–Crippen MR) is 152 cm³/mol. The van der Waals surface area contributed by atoms with Gasteiger partial charge in [0.25, 0.3) is 0 Å². The van der Waals surface area contributed by atoms with E-state index in [0.29, 0.717) is 0 Å². The van der Waals surface area contributed by atoms with E-state index in [0.717, 1.165) is 84.9 Å². The second-order valence-corrected chi connectivity index (χ2v) is 10.6. The van der Waals surface area contributed by atoms with Gasteiger partial charge in [-0.2, -0.15) is 0 Å². The number of aliphatic imine (C=N–C) groups is 1. The first-order valence-corrected chi connectivity index (χ1v) is 13.5. The van der Waals surface area contributed by atoms with Crippen LogP contribution in [0.4, 0.5) is 10.2 Å². The smallest absolute Gasteiger partial charge is 0.139 e. The number of aromatic nitrogens is 2. The second kappa shape index (κ2) is 9.82. The van der Waals surface area contributed by atoms with Crippen molar-refractivity contribution in [1.82, 2.24) is 9.97 Å². The van der Waals surface area contributed by atoms with Crippen LogP contribution in [0.2, 0.25) is 0 Å². The van der Waals surface area contributed by atoms with Crippen LogP contribution in [0.25, 0.3) is 17.2 Å². The van der Waals surface area contributed by atoms with Gasteiger partial charge in [0, 0.05) is 48.3 Å². The maximum atomic E-state index is 13.4. The number of fused-ring (bicyclic) bond motifs is 1. The summed E-state index contributed by atoms with van der Waals surface area (Å²) in [6, 6.07) is 15.0. The van der Waals surface area contributed by atoms with Gasteiger partial charge in [0.05, 0.1) is 12.8 Å². The average molecular weight is 509 g/mol. The van der Waals surface area contributed by atoms with Crippen molar-refractivity contribution < 1.29 is 9.13 Å². The molecule has 0 unspecified atom stereocenters. The predicted octanol–water partition coefficient (Wildman–Crippen LogP) is 6.99. The Morgan fingerprint density at radius 3 is 2.34 bits per heavy atom. The first kappa shape index (κ1) is 24.5. The quantitative estimate of drug-likeness (QED) is 0.360. The molecule has 0 bridgehead atoms. The summed E-state index contributed by atoms with van der Waals surface area (Å²) in [5.74, 6) is 1.67. The first-order chi connectivity index (χ1) is 18.5. The van der Waals surface area contributed by atoms with Crippen LogP contribution < -0.4 is 9.64 Å². The van der Waals surface area contributed by atoms with E-state index in [-0.39, 0.29) is 11.2 Å². The lowest BCUT2D eigenvalue weighted by molar-refractivity contribution is 0.308. The summed E-state index contributed by atoms with van der Waals surface area (Å²) < 4.78 is 18.8. The number of hydrogen-bond acceptors (Lipinski definition) is 5. The number of benzene rings is 2. The van der Waals surface area contributed by atoms with Crippen LogP contribution in [0.1, 0.15) is 61.9 Å². The number of nitrogens with zero attached hydrogens (tertiary/aromatic N) is 4. The molecule has 0 N–H and O–H groups in total. The summed E-state index contributed by atoms with van der Waals surface area (Å²) in [5, 5.41) is 0. The maximum Gasteiger partial charge on any atom is 0.139 e. The molecule has 5 nitrogen and oxygen atoms in total. The summed E-state index contributed by atoms with van der Waals surface area (Å²) >= 11 is 0. The normalized spacial score (nSPS) is 18.4. The number of methoxy groups -OCH3 is 1. The molecule has 3 aromatic rings. The second-order valence-electron chi connectivity index (χ2n) is 10.6. The van der Waals surface area contributed by atoms with Gasteiger partial charge in [-0.05, 0) is 78.8 Å². The van der Waals surface area contributed by atoms with Crippen LogP contribution in [-0.2, 0) is 6.42 Å². The van der Waals surface area contributed by atoms with Crippen molar-refractivity contribution in [2.45, 2.75) is 46.0 Å². The largest absolute Gasteiger partial charge is 0.497 e. The zero-order chi connectivity index (χ0) is 26.3. The van der Waals surface area contributed by atoms with Crippen molar-refractivity contribution in [2.24, 2.45) is 10.4 Å². The van der Waals surface area contributed by atoms with E-state index < -0.39 is 0 Å². The fourth-order valence-electron chi connectivity index (χ4n) is 6.22. The number of ether oxygens (including phenoxy) is 1. The fourth-order valence-corrected chi connectivity index (χ4v) is 6.22. The Morgan fingerprint density at radius 2 is 1.66 bits per heavy atom. The zero-order valence-electron chi connectivity index (χ0n) is 22.3. The van der Waals surface area contributed by atoms with Crippen molar-refractivity contribution >= 4 is 28.8 Å². The monoisotopic (exact) mass is 508 g/mol. The first-order valence-electron chi connectivity index (χ1n) is 13.5. The lowest BCUT2D eigenvalue weighted by Gasteiger charge is -2.42. The molecule has 6 rings (SSSR count). The van der Waals surface area contributed by atoms with Crippen LogP contribution in [0.3, 0.4) is 0 Å². The van der Waals surface area contributed by atoms with Gasteiger partial charge in [-0.15, -0.1) is 0 Å². The minimum absolute atomic E-state index is 0.108. The van der Waals surface area contributed by atoms with E-state index in [4.69, 9.17) is 14.7 Å². The summed E-state index contributed by atoms with van der Waals surface area (Å²) in [5.41, 5.74) is 9.47. The number of anilines is 1. The van der Waals surface area contributed by atoms with Crippen LogP contribution >= 0.6 is 0 Å². The Morgan fingerprint density at radius 1 is 0.947 bits per heavy atom. The summed E-state index contributed by atoms with van der Waals surface area (Å²) in [6.07, 6.45) is 8.73. The maximum absolute atomic E-state index is 13.4. The molecule has 3 heterocycles. The Balaban J connectivity index is 1.19. The molecule has 0 saturated carbocycles. The van der Waals surface area contributed by atoms with Gasteiger partial charge in [0.2, 0.25) is 0 Å². The minimum atomic E-state index is -0.216. The van der Waals surface area contributed by atoms with Crippen LogP contribution in [0, 0.1) is 11.2 Å². The third kappa shape index (κ3) is 4.32. The summed E-state index contributed by atoms with van der Waals surface area (Å²) in [7, 11) is 1.70. The van der Waals surface area contributed by atoms with E-state index >= 15 is 0 Å². The Labute approximate surface area is 223 Å². The molecule has 0 radical (unpaired) electrons. The van der Waals surface area contributed by atoms with Crippen molar-refractivity contribution in [2.75, 3.05) is 25.1 Å². The summed E-state index contributed by atoms with van der Waals surface area (Å²) in [4.78, 5) is 16.9. The molecule has 0 atom stereocenters. The zero-order valence-corrected chi connectivity index (χ0v) is 22.3. The Hall–Kier alpha value is -3.80. The lowest BCUT2D eigenvalue weighted by Crippen LogP contribution is -2.44. The SMILES string of the molecule is CCC1(C2=NC(C)=C(c3ccc(OC)cc3)C2)CCN(c2ncnc3c2C=C(c2ccc(F)cc2)C3)CC1. The standard InChI is InChI=1S/C32H33FN4O/c1-4-32(30-19-27(21(2)36-30)23-7-11-26(38-3)12-8-23)13-15-37(16-14-32)31-28-17-24(18-29(28)34-20-35-31)22-5-9-25(33)10-6-22/h5-12,17,20H,4,13-16,18-19H2,1-3H3. The lowest BCUT2D eigenvalue weighted by atomic mass is 9.71. The van der Waals surface area contributed by atoms with E-state index in [1.165, 1.54) is 29.0 Å². The molecule has 1 saturated heterocycles. The topological polar surface area (TPSA) is 50.6 Å². The highest BCUT2D eigenvalue weighted by Gasteiger charge is 2.40. The Kier molecular flexibility index (Phi) is 6.34. The van der Waals surface area contributed by atoms with Crippen molar-refractivity contribution in [1.29, 1.82) is 0 Å². The molecule has 38 heavy (non-hydrogen) atoms. The molecule has 0 spiro atoms. The molecule has 0 amide bonds.